The van der Waals surface area contributed by atoms with Crippen LogP contribution in [0.5, 0.6) is 0 Å². The third-order valence-electron chi connectivity index (χ3n) is 4.38. The van der Waals surface area contributed by atoms with Gasteiger partial charge in [-0.15, -0.1) is 5.10 Å². The van der Waals surface area contributed by atoms with Gasteiger partial charge < -0.3 is 4.57 Å². The molecule has 26 heavy (non-hydrogen) atoms. The van der Waals surface area contributed by atoms with E-state index in [0.29, 0.717) is 5.56 Å². The Labute approximate surface area is 149 Å². The van der Waals surface area contributed by atoms with Gasteiger partial charge in [0.1, 0.15) is 18.9 Å². The third kappa shape index (κ3) is 2.56. The minimum Gasteiger partial charge on any atom is -0.343 e. The molecule has 0 radical (unpaired) electrons. The van der Waals surface area contributed by atoms with Crippen LogP contribution in [-0.4, -0.2) is 25.1 Å². The normalized spacial score (nSPS) is 10.8. The molecule has 0 saturated carbocycles. The second-order valence-corrected chi connectivity index (χ2v) is 5.97. The van der Waals surface area contributed by atoms with Crippen LogP contribution in [-0.2, 0) is 13.6 Å². The molecular weight excluding hydrogens is 326 g/mol. The summed E-state index contributed by atoms with van der Waals surface area (Å²) in [5.41, 5.74) is 3.50. The predicted octanol–water partition coefficient (Wildman–Crippen LogP) is 3.19. The fraction of sp³-hybridized carbons (Fsp3) is 0.100. The summed E-state index contributed by atoms with van der Waals surface area (Å²) in [6, 6.07) is 19.6. The summed E-state index contributed by atoms with van der Waals surface area (Å²) in [5.74, 6) is -0.0194. The van der Waals surface area contributed by atoms with Crippen molar-refractivity contribution in [1.82, 2.24) is 19.3 Å². The lowest BCUT2D eigenvalue weighted by molar-refractivity contribution is 0.0969. The second kappa shape index (κ2) is 6.30. The van der Waals surface area contributed by atoms with E-state index < -0.39 is 0 Å². The Balaban J connectivity index is 1.88. The first-order valence-corrected chi connectivity index (χ1v) is 8.14. The topological polar surface area (TPSA) is 76.5 Å². The molecule has 0 atom stereocenters. The van der Waals surface area contributed by atoms with Crippen LogP contribution < -0.4 is 0 Å². The first-order chi connectivity index (χ1) is 12.7. The molecule has 0 saturated heterocycles. The van der Waals surface area contributed by atoms with E-state index in [-0.39, 0.29) is 18.2 Å². The Morgan fingerprint density at radius 3 is 2.58 bits per heavy atom. The van der Waals surface area contributed by atoms with Crippen molar-refractivity contribution in [3.63, 3.8) is 0 Å². The molecule has 0 aliphatic heterocycles. The summed E-state index contributed by atoms with van der Waals surface area (Å²) in [4.78, 5) is 17.0. The van der Waals surface area contributed by atoms with Crippen molar-refractivity contribution in [2.75, 3.05) is 0 Å². The van der Waals surface area contributed by atoms with Crippen molar-refractivity contribution in [1.29, 1.82) is 5.26 Å². The summed E-state index contributed by atoms with van der Waals surface area (Å²) in [6.07, 6.45) is 1.41. The molecule has 0 aliphatic carbocycles. The van der Waals surface area contributed by atoms with Gasteiger partial charge in [-0.25, -0.2) is 9.67 Å². The van der Waals surface area contributed by atoms with Crippen LogP contribution in [0, 0.1) is 11.3 Å². The van der Waals surface area contributed by atoms with Crippen LogP contribution in [0.1, 0.15) is 16.2 Å². The monoisotopic (exact) mass is 341 g/mol. The molecule has 0 amide bonds. The molecule has 2 heterocycles. The van der Waals surface area contributed by atoms with Gasteiger partial charge in [-0.3, -0.25) is 4.79 Å². The summed E-state index contributed by atoms with van der Waals surface area (Å²) in [5, 5.41) is 13.8. The highest BCUT2D eigenvalue weighted by Crippen LogP contribution is 2.33. The standard InChI is InChI=1S/C20H15N5O/c1-24-16-10-6-5-9-15(16)19(20(24)14-7-3-2-4-8-14)17(26)12-25-13-22-18(11-21)23-25/h2-10,13H,12H2,1H3. The van der Waals surface area contributed by atoms with Gasteiger partial charge >= 0.3 is 0 Å². The maximum atomic E-state index is 13.1. The largest absolute Gasteiger partial charge is 0.343 e. The molecule has 2 aromatic heterocycles. The van der Waals surface area contributed by atoms with Crippen molar-refractivity contribution >= 4 is 16.7 Å². The fourth-order valence-electron chi connectivity index (χ4n) is 3.26. The highest BCUT2D eigenvalue weighted by molar-refractivity contribution is 6.13. The lowest BCUT2D eigenvalue weighted by Crippen LogP contribution is -2.12. The smallest absolute Gasteiger partial charge is 0.252 e. The quantitative estimate of drug-likeness (QED) is 0.534. The van der Waals surface area contributed by atoms with E-state index in [4.69, 9.17) is 5.26 Å². The number of nitriles is 1. The molecule has 0 fully saturated rings. The van der Waals surface area contributed by atoms with Crippen LogP contribution >= 0.6 is 0 Å². The summed E-state index contributed by atoms with van der Waals surface area (Å²) < 4.78 is 3.44. The first kappa shape index (κ1) is 15.8. The van der Waals surface area contributed by atoms with Crippen molar-refractivity contribution in [3.05, 3.63) is 72.3 Å². The van der Waals surface area contributed by atoms with Crippen molar-refractivity contribution in [3.8, 4) is 17.3 Å². The lowest BCUT2D eigenvalue weighted by atomic mass is 10.0. The molecule has 126 valence electrons. The van der Waals surface area contributed by atoms with Gasteiger partial charge in [0.2, 0.25) is 0 Å². The number of para-hydroxylation sites is 1. The number of benzene rings is 2. The van der Waals surface area contributed by atoms with E-state index in [1.165, 1.54) is 11.0 Å². The third-order valence-corrected chi connectivity index (χ3v) is 4.38. The predicted molar refractivity (Wildman–Crippen MR) is 97.4 cm³/mol. The maximum Gasteiger partial charge on any atom is 0.252 e. The molecule has 0 unspecified atom stereocenters. The molecule has 0 N–H and O–H groups in total. The number of fused-ring (bicyclic) bond motifs is 1. The number of ketones is 1. The van der Waals surface area contributed by atoms with Gasteiger partial charge in [0.05, 0.1) is 11.3 Å². The molecule has 4 rings (SSSR count). The van der Waals surface area contributed by atoms with Gasteiger partial charge in [0, 0.05) is 18.0 Å². The van der Waals surface area contributed by atoms with Gasteiger partial charge in [-0.2, -0.15) is 5.26 Å². The maximum absolute atomic E-state index is 13.1. The number of Topliss-reactive ketones (excluding diaryl/α,β-unsaturated/α-hetero) is 1. The minimum atomic E-state index is -0.0740. The van der Waals surface area contributed by atoms with Crippen molar-refractivity contribution in [2.45, 2.75) is 6.54 Å². The molecule has 2 aromatic carbocycles. The Morgan fingerprint density at radius 2 is 1.85 bits per heavy atom. The van der Waals surface area contributed by atoms with Crippen molar-refractivity contribution in [2.24, 2.45) is 7.05 Å². The number of hydrogen-bond donors (Lipinski definition) is 0. The van der Waals surface area contributed by atoms with E-state index in [0.717, 1.165) is 22.2 Å². The number of hydrogen-bond acceptors (Lipinski definition) is 4. The first-order valence-electron chi connectivity index (χ1n) is 8.14. The molecule has 6 heteroatoms. The number of carbonyl (C=O) groups excluding carboxylic acids is 1. The van der Waals surface area contributed by atoms with E-state index in [1.807, 2.05) is 72.3 Å². The Hall–Kier alpha value is -3.72. The number of aryl methyl sites for hydroxylation is 1. The van der Waals surface area contributed by atoms with Crippen molar-refractivity contribution < 1.29 is 4.79 Å². The highest BCUT2D eigenvalue weighted by atomic mass is 16.1. The minimum absolute atomic E-state index is 0.0303. The van der Waals surface area contributed by atoms with Crippen LogP contribution in [0.15, 0.2) is 60.9 Å². The Kier molecular flexibility index (Phi) is 3.82. The Bertz CT molecular complexity index is 1150. The molecular formula is C20H15N5O. The second-order valence-electron chi connectivity index (χ2n) is 5.97. The fourth-order valence-corrected chi connectivity index (χ4v) is 3.26. The van der Waals surface area contributed by atoms with Gasteiger partial charge in [0.25, 0.3) is 5.82 Å². The van der Waals surface area contributed by atoms with Crippen LogP contribution in [0.2, 0.25) is 0 Å². The number of aromatic nitrogens is 4. The van der Waals surface area contributed by atoms with E-state index in [2.05, 4.69) is 10.1 Å². The van der Waals surface area contributed by atoms with Gasteiger partial charge in [-0.05, 0) is 11.6 Å². The molecule has 0 aliphatic rings. The summed E-state index contributed by atoms with van der Waals surface area (Å²) >= 11 is 0. The highest BCUT2D eigenvalue weighted by Gasteiger charge is 2.22. The SMILES string of the molecule is Cn1c(-c2ccccc2)c(C(=O)Cn2cnc(C#N)n2)c2ccccc21. The van der Waals surface area contributed by atoms with E-state index >= 15 is 0 Å². The van der Waals surface area contributed by atoms with Crippen LogP contribution in [0.4, 0.5) is 0 Å². The van der Waals surface area contributed by atoms with E-state index in [9.17, 15) is 4.79 Å². The molecule has 4 aromatic rings. The molecule has 6 nitrogen and oxygen atoms in total. The Morgan fingerprint density at radius 1 is 1.12 bits per heavy atom. The molecule has 0 spiro atoms. The van der Waals surface area contributed by atoms with Crippen LogP contribution in [0.3, 0.4) is 0 Å². The number of rotatable bonds is 4. The van der Waals surface area contributed by atoms with Gasteiger partial charge in [0.15, 0.2) is 5.78 Å². The summed E-state index contributed by atoms with van der Waals surface area (Å²) in [6.45, 7) is 0.0303. The van der Waals surface area contributed by atoms with E-state index in [1.54, 1.807) is 0 Å². The van der Waals surface area contributed by atoms with Gasteiger partial charge in [-0.1, -0.05) is 48.5 Å². The zero-order valence-corrected chi connectivity index (χ0v) is 14.1. The van der Waals surface area contributed by atoms with Crippen LogP contribution in [0.25, 0.3) is 22.2 Å². The average molecular weight is 341 g/mol. The molecule has 0 bridgehead atoms. The lowest BCUT2D eigenvalue weighted by Gasteiger charge is -2.08. The zero-order valence-electron chi connectivity index (χ0n) is 14.1. The summed E-state index contributed by atoms with van der Waals surface area (Å²) in [7, 11) is 1.96. The number of nitrogens with zero attached hydrogens (tertiary/aromatic N) is 5. The average Bonchev–Trinajstić information content (AvgIpc) is 3.25. The number of carbonyl (C=O) groups is 1. The zero-order chi connectivity index (χ0) is 18.1.